The van der Waals surface area contributed by atoms with E-state index in [2.05, 4.69) is 54.7 Å². The number of ether oxygens (including phenoxy) is 2. The fourth-order valence-electron chi connectivity index (χ4n) is 5.04. The molecule has 0 saturated carbocycles. The Morgan fingerprint density at radius 2 is 1.79 bits per heavy atom. The molecule has 0 atom stereocenters. The van der Waals surface area contributed by atoms with Crippen molar-refractivity contribution in [2.75, 3.05) is 30.5 Å². The number of anilines is 2. The number of carbonyl (C=O) groups excluding carboxylic acids is 1. The number of hydrogen-bond donors (Lipinski definition) is 2. The standard InChI is InChI=1S/C32H38N4O3/c1-22-9-10-24(32(2,3)4)21-28(22)36-30(13-17-33-36)35-31(37)34-27-11-12-29(26-8-6-5-7-25(26)27)39-20-16-23-14-18-38-19-15-23/h5-13,17,21,23H,14-16,18-20H2,1-4H3,(H2,34,35,37). The van der Waals surface area contributed by atoms with E-state index >= 15 is 0 Å². The molecule has 7 heteroatoms. The number of fused-ring (bicyclic) bond motifs is 1. The lowest BCUT2D eigenvalue weighted by molar-refractivity contribution is 0.0594. The highest BCUT2D eigenvalue weighted by Crippen LogP contribution is 2.33. The Morgan fingerprint density at radius 3 is 2.56 bits per heavy atom. The van der Waals surface area contributed by atoms with Gasteiger partial charge >= 0.3 is 6.03 Å². The van der Waals surface area contributed by atoms with E-state index in [1.165, 1.54) is 5.56 Å². The summed E-state index contributed by atoms with van der Waals surface area (Å²) in [5.41, 5.74) is 3.94. The highest BCUT2D eigenvalue weighted by molar-refractivity contribution is 6.07. The molecule has 0 bridgehead atoms. The molecule has 0 aliphatic carbocycles. The van der Waals surface area contributed by atoms with Crippen LogP contribution in [0.25, 0.3) is 16.5 Å². The van der Waals surface area contributed by atoms with Gasteiger partial charge in [-0.1, -0.05) is 57.2 Å². The quantitative estimate of drug-likeness (QED) is 0.262. The molecule has 5 rings (SSSR count). The van der Waals surface area contributed by atoms with Crippen LogP contribution in [-0.2, 0) is 10.2 Å². The summed E-state index contributed by atoms with van der Waals surface area (Å²) in [6.45, 7) is 11.0. The van der Waals surface area contributed by atoms with E-state index in [-0.39, 0.29) is 11.4 Å². The molecule has 2 amide bonds. The van der Waals surface area contributed by atoms with Gasteiger partial charge in [0.15, 0.2) is 0 Å². The molecule has 2 heterocycles. The van der Waals surface area contributed by atoms with Gasteiger partial charge in [-0.25, -0.2) is 9.48 Å². The lowest BCUT2D eigenvalue weighted by atomic mass is 9.86. The number of amides is 2. The van der Waals surface area contributed by atoms with E-state index in [0.717, 1.165) is 65.9 Å². The topological polar surface area (TPSA) is 77.4 Å². The molecule has 1 aromatic heterocycles. The zero-order valence-electron chi connectivity index (χ0n) is 23.3. The van der Waals surface area contributed by atoms with Gasteiger partial charge in [0.25, 0.3) is 0 Å². The number of aryl methyl sites for hydroxylation is 1. The van der Waals surface area contributed by atoms with Gasteiger partial charge in [-0.15, -0.1) is 0 Å². The lowest BCUT2D eigenvalue weighted by Crippen LogP contribution is -2.22. The molecule has 39 heavy (non-hydrogen) atoms. The summed E-state index contributed by atoms with van der Waals surface area (Å²) in [4.78, 5) is 13.1. The van der Waals surface area contributed by atoms with E-state index in [4.69, 9.17) is 9.47 Å². The van der Waals surface area contributed by atoms with Crippen molar-refractivity contribution in [3.63, 3.8) is 0 Å². The van der Waals surface area contributed by atoms with Crippen molar-refractivity contribution in [3.05, 3.63) is 78.0 Å². The van der Waals surface area contributed by atoms with Crippen molar-refractivity contribution >= 4 is 28.3 Å². The van der Waals surface area contributed by atoms with Gasteiger partial charge in [0.1, 0.15) is 11.6 Å². The van der Waals surface area contributed by atoms with Crippen LogP contribution in [0.4, 0.5) is 16.3 Å². The van der Waals surface area contributed by atoms with Gasteiger partial charge in [0, 0.05) is 30.1 Å². The van der Waals surface area contributed by atoms with Crippen LogP contribution in [0.2, 0.25) is 0 Å². The third-order valence-electron chi connectivity index (χ3n) is 7.44. The summed E-state index contributed by atoms with van der Waals surface area (Å²) in [7, 11) is 0. The van der Waals surface area contributed by atoms with Gasteiger partial charge < -0.3 is 14.8 Å². The van der Waals surface area contributed by atoms with Crippen molar-refractivity contribution in [2.45, 2.75) is 52.4 Å². The highest BCUT2D eigenvalue weighted by atomic mass is 16.5. The third kappa shape index (κ3) is 6.25. The van der Waals surface area contributed by atoms with Gasteiger partial charge in [0.2, 0.25) is 0 Å². The fourth-order valence-corrected chi connectivity index (χ4v) is 5.04. The highest BCUT2D eigenvalue weighted by Gasteiger charge is 2.18. The van der Waals surface area contributed by atoms with Crippen molar-refractivity contribution in [1.29, 1.82) is 0 Å². The first-order valence-electron chi connectivity index (χ1n) is 13.8. The summed E-state index contributed by atoms with van der Waals surface area (Å²) in [5, 5.41) is 12.4. The summed E-state index contributed by atoms with van der Waals surface area (Å²) in [6, 6.07) is 19.7. The fraction of sp³-hybridized carbons (Fsp3) is 0.375. The Morgan fingerprint density at radius 1 is 1.03 bits per heavy atom. The smallest absolute Gasteiger partial charge is 0.324 e. The summed E-state index contributed by atoms with van der Waals surface area (Å²) < 4.78 is 13.4. The van der Waals surface area contributed by atoms with Crippen LogP contribution in [0.15, 0.2) is 66.9 Å². The number of benzene rings is 3. The minimum absolute atomic E-state index is 0.00232. The molecule has 1 aliphatic heterocycles. The van der Waals surface area contributed by atoms with Crippen LogP contribution in [0.5, 0.6) is 5.75 Å². The molecule has 4 aromatic rings. The summed E-state index contributed by atoms with van der Waals surface area (Å²) in [6.07, 6.45) is 4.91. The van der Waals surface area contributed by atoms with Gasteiger partial charge in [0.05, 0.1) is 24.2 Å². The largest absolute Gasteiger partial charge is 0.493 e. The Balaban J connectivity index is 1.30. The Hall–Kier alpha value is -3.84. The Labute approximate surface area is 230 Å². The Kier molecular flexibility index (Phi) is 7.89. The van der Waals surface area contributed by atoms with Crippen molar-refractivity contribution < 1.29 is 14.3 Å². The first kappa shape index (κ1) is 26.8. The number of urea groups is 1. The zero-order valence-corrected chi connectivity index (χ0v) is 23.3. The van der Waals surface area contributed by atoms with Crippen LogP contribution >= 0.6 is 0 Å². The van der Waals surface area contributed by atoms with Crippen LogP contribution in [0.3, 0.4) is 0 Å². The maximum absolute atomic E-state index is 13.1. The molecular formula is C32H38N4O3. The van der Waals surface area contributed by atoms with Crippen LogP contribution in [-0.4, -0.2) is 35.6 Å². The molecule has 3 aromatic carbocycles. The lowest BCUT2D eigenvalue weighted by Gasteiger charge is -2.22. The molecule has 204 valence electrons. The summed E-state index contributed by atoms with van der Waals surface area (Å²) >= 11 is 0. The first-order valence-corrected chi connectivity index (χ1v) is 13.8. The molecule has 1 saturated heterocycles. The zero-order chi connectivity index (χ0) is 27.4. The molecule has 0 unspecified atom stereocenters. The normalized spacial score (nSPS) is 14.4. The van der Waals surface area contributed by atoms with Crippen molar-refractivity contribution in [3.8, 4) is 11.4 Å². The average molecular weight is 527 g/mol. The predicted molar refractivity (Wildman–Crippen MR) is 157 cm³/mol. The monoisotopic (exact) mass is 526 g/mol. The third-order valence-corrected chi connectivity index (χ3v) is 7.44. The van der Waals surface area contributed by atoms with Gasteiger partial charge in [-0.05, 0) is 66.8 Å². The number of nitrogens with zero attached hydrogens (tertiary/aromatic N) is 2. The van der Waals surface area contributed by atoms with E-state index in [0.29, 0.717) is 18.3 Å². The second kappa shape index (κ2) is 11.5. The first-order chi connectivity index (χ1) is 18.8. The van der Waals surface area contributed by atoms with E-state index in [1.807, 2.05) is 43.3 Å². The maximum atomic E-state index is 13.1. The van der Waals surface area contributed by atoms with Gasteiger partial charge in [-0.2, -0.15) is 5.10 Å². The molecule has 0 spiro atoms. The maximum Gasteiger partial charge on any atom is 0.324 e. The van der Waals surface area contributed by atoms with E-state index < -0.39 is 0 Å². The van der Waals surface area contributed by atoms with Crippen LogP contribution in [0, 0.1) is 12.8 Å². The van der Waals surface area contributed by atoms with Crippen molar-refractivity contribution in [2.24, 2.45) is 5.92 Å². The molecule has 1 aliphatic rings. The van der Waals surface area contributed by atoms with E-state index in [9.17, 15) is 4.79 Å². The minimum atomic E-state index is -0.334. The van der Waals surface area contributed by atoms with Gasteiger partial charge in [-0.3, -0.25) is 5.32 Å². The van der Waals surface area contributed by atoms with Crippen LogP contribution < -0.4 is 15.4 Å². The van der Waals surface area contributed by atoms with E-state index in [1.54, 1.807) is 16.9 Å². The SMILES string of the molecule is Cc1ccc(C(C)(C)C)cc1-n1nccc1NC(=O)Nc1ccc(OCCC2CCOCC2)c2ccccc12. The second-order valence-corrected chi connectivity index (χ2v) is 11.3. The Bertz CT molecular complexity index is 1450. The summed E-state index contributed by atoms with van der Waals surface area (Å²) in [5.74, 6) is 2.08. The average Bonchev–Trinajstić information content (AvgIpc) is 3.37. The molecule has 1 fully saturated rings. The molecule has 0 radical (unpaired) electrons. The molecule has 2 N–H and O–H groups in total. The number of hydrogen-bond acceptors (Lipinski definition) is 4. The minimum Gasteiger partial charge on any atom is -0.493 e. The molecule has 7 nitrogen and oxygen atoms in total. The predicted octanol–water partition coefficient (Wildman–Crippen LogP) is 7.47. The number of nitrogens with one attached hydrogen (secondary N) is 2. The number of aromatic nitrogens is 2. The second-order valence-electron chi connectivity index (χ2n) is 11.3. The van der Waals surface area contributed by atoms with Crippen LogP contribution in [0.1, 0.15) is 51.2 Å². The number of carbonyl (C=O) groups is 1. The molecular weight excluding hydrogens is 488 g/mol. The number of rotatable bonds is 7. The van der Waals surface area contributed by atoms with Crippen molar-refractivity contribution in [1.82, 2.24) is 9.78 Å².